The van der Waals surface area contributed by atoms with Crippen LogP contribution in [0, 0.1) is 0 Å². The van der Waals surface area contributed by atoms with E-state index in [2.05, 4.69) is 51.8 Å². The van der Waals surface area contributed by atoms with Crippen molar-refractivity contribution in [2.24, 2.45) is 0 Å². The van der Waals surface area contributed by atoms with Gasteiger partial charge in [-0.05, 0) is 30.2 Å². The van der Waals surface area contributed by atoms with Crippen molar-refractivity contribution < 1.29 is 0 Å². The van der Waals surface area contributed by atoms with Crippen LogP contribution in [0.3, 0.4) is 0 Å². The van der Waals surface area contributed by atoms with Gasteiger partial charge in [-0.1, -0.05) is 18.3 Å². The molecule has 0 unspecified atom stereocenters. The van der Waals surface area contributed by atoms with Crippen LogP contribution in [0.5, 0.6) is 0 Å². The molecule has 0 fully saturated rings. The summed E-state index contributed by atoms with van der Waals surface area (Å²) in [5.74, 6) is 0. The molecule has 0 atom stereocenters. The third kappa shape index (κ3) is 1.76. The van der Waals surface area contributed by atoms with Crippen LogP contribution in [0.1, 0.15) is 12.5 Å². The minimum absolute atomic E-state index is 0.842. The van der Waals surface area contributed by atoms with Crippen LogP contribution in [0.4, 0.5) is 5.13 Å². The Hall–Kier alpha value is -1.88. The number of H-pyrrole nitrogens is 1. The molecule has 18 heavy (non-hydrogen) atoms. The number of aryl methyl sites for hydroxylation is 1. The molecular weight excluding hydrogens is 244 g/mol. The quantitative estimate of drug-likeness (QED) is 0.758. The Morgan fingerprint density at radius 3 is 2.94 bits per heavy atom. The topological polar surface area (TPSA) is 53.6 Å². The molecular formula is C13H14N4S. The Kier molecular flexibility index (Phi) is 2.76. The molecule has 0 amide bonds. The van der Waals surface area contributed by atoms with Crippen LogP contribution in [0.25, 0.3) is 21.5 Å². The lowest BCUT2D eigenvalue weighted by atomic mass is 10.1. The smallest absolute Gasteiger partial charge is 0.205 e. The highest BCUT2D eigenvalue weighted by Crippen LogP contribution is 2.29. The lowest BCUT2D eigenvalue weighted by Crippen LogP contribution is -1.84. The Labute approximate surface area is 109 Å². The van der Waals surface area contributed by atoms with Gasteiger partial charge in [0.25, 0.3) is 0 Å². The Bertz CT molecular complexity index is 683. The molecule has 0 aliphatic carbocycles. The van der Waals surface area contributed by atoms with E-state index in [9.17, 15) is 0 Å². The molecule has 2 heterocycles. The van der Waals surface area contributed by atoms with Crippen LogP contribution in [-0.4, -0.2) is 22.2 Å². The molecule has 4 nitrogen and oxygen atoms in total. The third-order valence-corrected chi connectivity index (χ3v) is 4.02. The first-order valence-electron chi connectivity index (χ1n) is 5.93. The van der Waals surface area contributed by atoms with Gasteiger partial charge in [0.1, 0.15) is 5.01 Å². The van der Waals surface area contributed by atoms with Gasteiger partial charge in [-0.15, -0.1) is 10.2 Å². The molecule has 1 aromatic carbocycles. The van der Waals surface area contributed by atoms with Crippen LogP contribution in [-0.2, 0) is 6.42 Å². The number of aromatic nitrogens is 3. The van der Waals surface area contributed by atoms with Crippen molar-refractivity contribution in [2.75, 3.05) is 12.4 Å². The monoisotopic (exact) mass is 258 g/mol. The fourth-order valence-electron chi connectivity index (χ4n) is 2.04. The number of nitrogens with one attached hydrogen (secondary N) is 2. The molecule has 3 aromatic rings. The van der Waals surface area contributed by atoms with Crippen LogP contribution in [0.2, 0.25) is 0 Å². The number of fused-ring (bicyclic) bond motifs is 1. The fourth-order valence-corrected chi connectivity index (χ4v) is 2.74. The maximum absolute atomic E-state index is 4.20. The maximum atomic E-state index is 4.20. The van der Waals surface area contributed by atoms with E-state index in [-0.39, 0.29) is 0 Å². The third-order valence-electron chi connectivity index (χ3n) is 3.03. The highest BCUT2D eigenvalue weighted by atomic mass is 32.1. The van der Waals surface area contributed by atoms with Crippen molar-refractivity contribution in [1.29, 1.82) is 0 Å². The second-order valence-corrected chi connectivity index (χ2v) is 5.07. The number of nitrogens with zero attached hydrogens (tertiary/aromatic N) is 2. The number of hydrogen-bond donors (Lipinski definition) is 2. The van der Waals surface area contributed by atoms with E-state index in [1.807, 2.05) is 7.05 Å². The zero-order chi connectivity index (χ0) is 12.5. The molecule has 0 radical (unpaired) electrons. The van der Waals surface area contributed by atoms with Crippen molar-refractivity contribution in [3.63, 3.8) is 0 Å². The average molecular weight is 258 g/mol. The van der Waals surface area contributed by atoms with Gasteiger partial charge in [0.15, 0.2) is 0 Å². The van der Waals surface area contributed by atoms with Gasteiger partial charge >= 0.3 is 0 Å². The Morgan fingerprint density at radius 2 is 2.22 bits per heavy atom. The lowest BCUT2D eigenvalue weighted by Gasteiger charge is -1.98. The Balaban J connectivity index is 2.11. The van der Waals surface area contributed by atoms with E-state index in [1.54, 1.807) is 11.3 Å². The molecule has 0 spiro atoms. The molecule has 92 valence electrons. The molecule has 3 rings (SSSR count). The first kappa shape index (κ1) is 11.2. The van der Waals surface area contributed by atoms with Crippen LogP contribution < -0.4 is 5.32 Å². The summed E-state index contributed by atoms with van der Waals surface area (Å²) < 4.78 is 0. The van der Waals surface area contributed by atoms with Crippen molar-refractivity contribution in [3.8, 4) is 10.6 Å². The van der Waals surface area contributed by atoms with Gasteiger partial charge in [-0.3, -0.25) is 0 Å². The number of aromatic amines is 1. The average Bonchev–Trinajstić information content (AvgIpc) is 3.04. The van der Waals surface area contributed by atoms with E-state index < -0.39 is 0 Å². The van der Waals surface area contributed by atoms with Crippen molar-refractivity contribution >= 4 is 27.4 Å². The van der Waals surface area contributed by atoms with E-state index in [1.165, 1.54) is 16.5 Å². The van der Waals surface area contributed by atoms with E-state index in [0.29, 0.717) is 0 Å². The number of hydrogen-bond acceptors (Lipinski definition) is 4. The first-order valence-corrected chi connectivity index (χ1v) is 6.75. The molecule has 0 aliphatic heterocycles. The molecule has 0 saturated carbocycles. The Morgan fingerprint density at radius 1 is 1.33 bits per heavy atom. The summed E-state index contributed by atoms with van der Waals surface area (Å²) in [6, 6.07) is 6.37. The molecule has 2 aromatic heterocycles. The summed E-state index contributed by atoms with van der Waals surface area (Å²) >= 11 is 1.57. The molecule has 5 heteroatoms. The van der Waals surface area contributed by atoms with Crippen molar-refractivity contribution in [1.82, 2.24) is 15.2 Å². The lowest BCUT2D eigenvalue weighted by molar-refractivity contribution is 1.09. The number of benzene rings is 1. The normalized spacial score (nSPS) is 11.0. The second kappa shape index (κ2) is 4.42. The van der Waals surface area contributed by atoms with E-state index in [0.717, 1.165) is 22.1 Å². The largest absolute Gasteiger partial charge is 0.363 e. The maximum Gasteiger partial charge on any atom is 0.205 e. The fraction of sp³-hybridized carbons (Fsp3) is 0.231. The van der Waals surface area contributed by atoms with Gasteiger partial charge in [-0.2, -0.15) is 0 Å². The first-order chi connectivity index (χ1) is 8.81. The van der Waals surface area contributed by atoms with Gasteiger partial charge in [-0.25, -0.2) is 0 Å². The standard InChI is InChI=1S/C13H14N4S/c1-3-8-7-15-11-5-4-9(6-10(8)11)12-16-17-13(14-2)18-12/h4-7,15H,3H2,1-2H3,(H,14,17). The molecule has 0 aliphatic rings. The van der Waals surface area contributed by atoms with Gasteiger partial charge in [0.05, 0.1) is 0 Å². The predicted molar refractivity (Wildman–Crippen MR) is 76.1 cm³/mol. The van der Waals surface area contributed by atoms with E-state index >= 15 is 0 Å². The number of rotatable bonds is 3. The zero-order valence-corrected chi connectivity index (χ0v) is 11.1. The highest BCUT2D eigenvalue weighted by molar-refractivity contribution is 7.18. The van der Waals surface area contributed by atoms with Crippen molar-refractivity contribution in [3.05, 3.63) is 30.0 Å². The van der Waals surface area contributed by atoms with Gasteiger partial charge < -0.3 is 10.3 Å². The summed E-state index contributed by atoms with van der Waals surface area (Å²) in [6.07, 6.45) is 3.11. The predicted octanol–water partition coefficient (Wildman–Crippen LogP) is 3.29. The summed E-state index contributed by atoms with van der Waals surface area (Å²) in [5.41, 5.74) is 3.63. The second-order valence-electron chi connectivity index (χ2n) is 4.09. The van der Waals surface area contributed by atoms with Crippen LogP contribution in [0.15, 0.2) is 24.4 Å². The summed E-state index contributed by atoms with van der Waals surface area (Å²) in [6.45, 7) is 2.17. The van der Waals surface area contributed by atoms with Crippen molar-refractivity contribution in [2.45, 2.75) is 13.3 Å². The van der Waals surface area contributed by atoms with E-state index in [4.69, 9.17) is 0 Å². The summed E-state index contributed by atoms with van der Waals surface area (Å²) in [4.78, 5) is 3.29. The van der Waals surface area contributed by atoms with Gasteiger partial charge in [0, 0.05) is 29.7 Å². The summed E-state index contributed by atoms with van der Waals surface area (Å²) in [7, 11) is 1.86. The molecule has 0 saturated heterocycles. The molecule has 0 bridgehead atoms. The highest BCUT2D eigenvalue weighted by Gasteiger charge is 2.08. The molecule has 2 N–H and O–H groups in total. The summed E-state index contributed by atoms with van der Waals surface area (Å²) in [5, 5.41) is 14.3. The zero-order valence-electron chi connectivity index (χ0n) is 10.3. The van der Waals surface area contributed by atoms with Gasteiger partial charge in [0.2, 0.25) is 5.13 Å². The minimum atomic E-state index is 0.842. The van der Waals surface area contributed by atoms with Crippen LogP contribution >= 0.6 is 11.3 Å². The number of anilines is 1. The SMILES string of the molecule is CCc1c[nH]c2ccc(-c3nnc(NC)s3)cc12. The minimum Gasteiger partial charge on any atom is -0.363 e.